The topological polar surface area (TPSA) is 95.5 Å². The van der Waals surface area contributed by atoms with E-state index in [2.05, 4.69) is 23.8 Å². The van der Waals surface area contributed by atoms with E-state index in [1.54, 1.807) is 0 Å². The molecule has 1 rings (SSSR count). The van der Waals surface area contributed by atoms with Crippen LogP contribution in [0.4, 0.5) is 11.4 Å². The van der Waals surface area contributed by atoms with Gasteiger partial charge in [0.1, 0.15) is 0 Å². The molecule has 0 spiro atoms. The summed E-state index contributed by atoms with van der Waals surface area (Å²) in [4.78, 5) is 33.4. The Balaban J connectivity index is 3.13. The van der Waals surface area contributed by atoms with E-state index in [4.69, 9.17) is 5.11 Å². The number of rotatable bonds is 5. The van der Waals surface area contributed by atoms with Crippen molar-refractivity contribution in [2.24, 2.45) is 0 Å². The second-order valence-corrected chi connectivity index (χ2v) is 3.45. The molecular formula is C13H12N2O4. The third-order valence-corrected chi connectivity index (χ3v) is 2.15. The van der Waals surface area contributed by atoms with Gasteiger partial charge in [0.05, 0.1) is 11.3 Å². The summed E-state index contributed by atoms with van der Waals surface area (Å²) in [5.74, 6) is -2.18. The molecule has 19 heavy (non-hydrogen) atoms. The summed E-state index contributed by atoms with van der Waals surface area (Å²) < 4.78 is 0. The highest BCUT2D eigenvalue weighted by Gasteiger charge is 2.12. The predicted molar refractivity (Wildman–Crippen MR) is 71.1 cm³/mol. The van der Waals surface area contributed by atoms with Gasteiger partial charge in [0.2, 0.25) is 11.8 Å². The monoisotopic (exact) mass is 260 g/mol. The number of carboxylic acid groups (broad SMARTS) is 1. The first-order valence-corrected chi connectivity index (χ1v) is 5.22. The number of carbonyl (C=O) groups is 3. The molecule has 6 nitrogen and oxygen atoms in total. The second kappa shape index (κ2) is 6.15. The van der Waals surface area contributed by atoms with E-state index in [1.807, 2.05) is 0 Å². The minimum absolute atomic E-state index is 0.0688. The van der Waals surface area contributed by atoms with Gasteiger partial charge in [-0.25, -0.2) is 4.79 Å². The molecule has 0 unspecified atom stereocenters. The summed E-state index contributed by atoms with van der Waals surface area (Å²) in [6.45, 7) is 6.57. The van der Waals surface area contributed by atoms with Crippen LogP contribution in [0.5, 0.6) is 0 Å². The average molecular weight is 260 g/mol. The lowest BCUT2D eigenvalue weighted by Crippen LogP contribution is -2.13. The average Bonchev–Trinajstić information content (AvgIpc) is 2.38. The molecule has 0 fully saturated rings. The van der Waals surface area contributed by atoms with E-state index in [9.17, 15) is 14.4 Å². The molecule has 1 aromatic rings. The lowest BCUT2D eigenvalue weighted by atomic mass is 10.1. The fourth-order valence-electron chi connectivity index (χ4n) is 1.29. The summed E-state index contributed by atoms with van der Waals surface area (Å²) >= 11 is 0. The first-order chi connectivity index (χ1) is 8.97. The van der Waals surface area contributed by atoms with Gasteiger partial charge < -0.3 is 15.7 Å². The highest BCUT2D eigenvalue weighted by Crippen LogP contribution is 2.21. The van der Waals surface area contributed by atoms with Crippen molar-refractivity contribution < 1.29 is 19.5 Å². The van der Waals surface area contributed by atoms with Gasteiger partial charge in [0, 0.05) is 5.69 Å². The first-order valence-electron chi connectivity index (χ1n) is 5.22. The van der Waals surface area contributed by atoms with Gasteiger partial charge in [0.25, 0.3) is 0 Å². The molecule has 0 atom stereocenters. The second-order valence-electron chi connectivity index (χ2n) is 3.45. The largest absolute Gasteiger partial charge is 0.478 e. The van der Waals surface area contributed by atoms with Crippen LogP contribution >= 0.6 is 0 Å². The zero-order valence-electron chi connectivity index (χ0n) is 9.97. The molecule has 0 heterocycles. The Kier molecular flexibility index (Phi) is 4.59. The fourth-order valence-corrected chi connectivity index (χ4v) is 1.29. The number of aromatic carboxylic acids is 1. The lowest BCUT2D eigenvalue weighted by molar-refractivity contribution is -0.112. The first kappa shape index (κ1) is 14.2. The molecule has 0 aromatic heterocycles. The van der Waals surface area contributed by atoms with Gasteiger partial charge in [-0.3, -0.25) is 9.59 Å². The van der Waals surface area contributed by atoms with Crippen molar-refractivity contribution >= 4 is 29.2 Å². The zero-order chi connectivity index (χ0) is 14.4. The van der Waals surface area contributed by atoms with Crippen molar-refractivity contribution in [3.63, 3.8) is 0 Å². The van der Waals surface area contributed by atoms with Crippen molar-refractivity contribution in [1.82, 2.24) is 0 Å². The Morgan fingerprint density at radius 1 is 1.05 bits per heavy atom. The quantitative estimate of drug-likeness (QED) is 0.701. The molecule has 0 radical (unpaired) electrons. The minimum atomic E-state index is -1.19. The summed E-state index contributed by atoms with van der Waals surface area (Å²) in [6.07, 6.45) is 2.09. The fraction of sp³-hybridized carbons (Fsp3) is 0. The van der Waals surface area contributed by atoms with E-state index >= 15 is 0 Å². The maximum Gasteiger partial charge on any atom is 0.337 e. The number of nitrogens with one attached hydrogen (secondary N) is 2. The Morgan fingerprint density at radius 3 is 2.16 bits per heavy atom. The summed E-state index contributed by atoms with van der Waals surface area (Å²) in [6, 6.07) is 4.03. The van der Waals surface area contributed by atoms with Crippen molar-refractivity contribution in [2.45, 2.75) is 0 Å². The van der Waals surface area contributed by atoms with Crippen LogP contribution < -0.4 is 10.6 Å². The zero-order valence-corrected chi connectivity index (χ0v) is 9.97. The number of carbonyl (C=O) groups excluding carboxylic acids is 2. The van der Waals surface area contributed by atoms with Gasteiger partial charge in [-0.1, -0.05) is 13.2 Å². The number of hydrogen-bond acceptors (Lipinski definition) is 3. The van der Waals surface area contributed by atoms with Crippen LogP contribution in [0.3, 0.4) is 0 Å². The smallest absolute Gasteiger partial charge is 0.337 e. The molecule has 0 saturated carbocycles. The van der Waals surface area contributed by atoms with Crippen molar-refractivity contribution in [2.75, 3.05) is 10.6 Å². The maximum atomic E-state index is 11.2. The van der Waals surface area contributed by atoms with Gasteiger partial charge >= 0.3 is 5.97 Å². The SMILES string of the molecule is C=CC(=O)Nc1ccc(C(=O)O)c(NC(=O)C=C)c1. The normalized spacial score (nSPS) is 9.26. The van der Waals surface area contributed by atoms with Crippen molar-refractivity contribution in [1.29, 1.82) is 0 Å². The van der Waals surface area contributed by atoms with E-state index in [-0.39, 0.29) is 11.3 Å². The Bertz CT molecular complexity index is 564. The maximum absolute atomic E-state index is 11.2. The van der Waals surface area contributed by atoms with Crippen LogP contribution in [0.2, 0.25) is 0 Å². The number of anilines is 2. The lowest BCUT2D eigenvalue weighted by Gasteiger charge is -2.09. The molecule has 1 aromatic carbocycles. The minimum Gasteiger partial charge on any atom is -0.478 e. The van der Waals surface area contributed by atoms with Crippen LogP contribution in [0.1, 0.15) is 10.4 Å². The van der Waals surface area contributed by atoms with Crippen LogP contribution in [0.15, 0.2) is 43.5 Å². The van der Waals surface area contributed by atoms with Crippen LogP contribution in [-0.4, -0.2) is 22.9 Å². The van der Waals surface area contributed by atoms with E-state index in [1.165, 1.54) is 18.2 Å². The van der Waals surface area contributed by atoms with E-state index < -0.39 is 17.8 Å². The summed E-state index contributed by atoms with van der Waals surface area (Å²) in [5, 5.41) is 13.8. The molecule has 0 aliphatic heterocycles. The van der Waals surface area contributed by atoms with Crippen molar-refractivity contribution in [3.8, 4) is 0 Å². The van der Waals surface area contributed by atoms with Crippen LogP contribution in [0.25, 0.3) is 0 Å². The van der Waals surface area contributed by atoms with E-state index in [0.29, 0.717) is 5.69 Å². The van der Waals surface area contributed by atoms with Crippen LogP contribution in [0, 0.1) is 0 Å². The van der Waals surface area contributed by atoms with Gasteiger partial charge in [-0.05, 0) is 30.4 Å². The summed E-state index contributed by atoms with van der Waals surface area (Å²) in [5.41, 5.74) is 0.320. The predicted octanol–water partition coefficient (Wildman–Crippen LogP) is 1.63. The molecular weight excluding hydrogens is 248 g/mol. The molecule has 6 heteroatoms. The number of carboxylic acids is 1. The van der Waals surface area contributed by atoms with Gasteiger partial charge in [-0.15, -0.1) is 0 Å². The third kappa shape index (κ3) is 3.81. The molecule has 2 amide bonds. The van der Waals surface area contributed by atoms with Gasteiger partial charge in [0.15, 0.2) is 0 Å². The van der Waals surface area contributed by atoms with Crippen LogP contribution in [-0.2, 0) is 9.59 Å². The third-order valence-electron chi connectivity index (χ3n) is 2.15. The highest BCUT2D eigenvalue weighted by molar-refractivity contribution is 6.06. The highest BCUT2D eigenvalue weighted by atomic mass is 16.4. The molecule has 3 N–H and O–H groups in total. The molecule has 0 bridgehead atoms. The Labute approximate surface area is 109 Å². The summed E-state index contributed by atoms with van der Waals surface area (Å²) in [7, 11) is 0. The van der Waals surface area contributed by atoms with E-state index in [0.717, 1.165) is 12.2 Å². The number of benzene rings is 1. The molecule has 0 aliphatic rings. The number of hydrogen-bond donors (Lipinski definition) is 3. The molecule has 0 aliphatic carbocycles. The molecule has 98 valence electrons. The standard InChI is InChI=1S/C13H12N2O4/c1-3-11(16)14-8-5-6-9(13(18)19)10(7-8)15-12(17)4-2/h3-7H,1-2H2,(H,14,16)(H,15,17)(H,18,19). The Hall–Kier alpha value is -2.89. The van der Waals surface area contributed by atoms with Gasteiger partial charge in [-0.2, -0.15) is 0 Å². The molecule has 0 saturated heterocycles. The Morgan fingerprint density at radius 2 is 1.63 bits per heavy atom. The van der Waals surface area contributed by atoms with Crippen molar-refractivity contribution in [3.05, 3.63) is 49.1 Å². The number of amides is 2.